The van der Waals surface area contributed by atoms with Gasteiger partial charge in [0.2, 0.25) is 0 Å². The third-order valence-electron chi connectivity index (χ3n) is 2.80. The van der Waals surface area contributed by atoms with E-state index in [1.807, 2.05) is 24.0 Å². The van der Waals surface area contributed by atoms with Gasteiger partial charge in [0, 0.05) is 25.0 Å². The molecule has 1 aliphatic heterocycles. The van der Waals surface area contributed by atoms with Crippen LogP contribution in [0.25, 0.3) is 0 Å². The summed E-state index contributed by atoms with van der Waals surface area (Å²) in [5, 5.41) is 0. The van der Waals surface area contributed by atoms with Crippen LogP contribution in [0.4, 0.5) is 5.82 Å². The van der Waals surface area contributed by atoms with Crippen LogP contribution in [0, 0.1) is 0 Å². The van der Waals surface area contributed by atoms with Crippen LogP contribution in [-0.2, 0) is 6.42 Å². The van der Waals surface area contributed by atoms with Crippen LogP contribution in [0.3, 0.4) is 0 Å². The van der Waals surface area contributed by atoms with Gasteiger partial charge in [-0.3, -0.25) is 0 Å². The molecule has 0 spiro atoms. The molecule has 4 heteroatoms. The Morgan fingerprint density at radius 1 is 1.38 bits per heavy atom. The van der Waals surface area contributed by atoms with Crippen molar-refractivity contribution < 1.29 is 0 Å². The van der Waals surface area contributed by atoms with Crippen molar-refractivity contribution in [3.63, 3.8) is 0 Å². The van der Waals surface area contributed by atoms with Crippen molar-refractivity contribution in [2.24, 2.45) is 5.73 Å². The Labute approximate surface area is 101 Å². The molecule has 0 bridgehead atoms. The van der Waals surface area contributed by atoms with Crippen LogP contribution in [0.5, 0.6) is 0 Å². The monoisotopic (exact) mass is 237 g/mol. The number of pyridine rings is 1. The SMILES string of the molecule is NCCc1cccnc1N1CCCSCC1. The van der Waals surface area contributed by atoms with Gasteiger partial charge in [0.05, 0.1) is 0 Å². The second-order valence-corrected chi connectivity index (χ2v) is 5.20. The number of thioether (sulfide) groups is 1. The maximum atomic E-state index is 5.64. The highest BCUT2D eigenvalue weighted by Gasteiger charge is 2.13. The molecule has 0 unspecified atom stereocenters. The second-order valence-electron chi connectivity index (χ2n) is 3.98. The van der Waals surface area contributed by atoms with E-state index in [9.17, 15) is 0 Å². The van der Waals surface area contributed by atoms with Crippen molar-refractivity contribution in [1.29, 1.82) is 0 Å². The highest BCUT2D eigenvalue weighted by molar-refractivity contribution is 7.99. The predicted octanol–water partition coefficient (Wildman–Crippen LogP) is 1.53. The number of anilines is 1. The zero-order valence-corrected chi connectivity index (χ0v) is 10.4. The van der Waals surface area contributed by atoms with Crippen LogP contribution in [0.1, 0.15) is 12.0 Å². The fourth-order valence-electron chi connectivity index (χ4n) is 2.02. The first-order valence-electron chi connectivity index (χ1n) is 5.88. The summed E-state index contributed by atoms with van der Waals surface area (Å²) in [5.74, 6) is 3.63. The molecule has 0 atom stereocenters. The number of rotatable bonds is 3. The van der Waals surface area contributed by atoms with Crippen molar-refractivity contribution in [1.82, 2.24) is 4.98 Å². The van der Waals surface area contributed by atoms with Crippen molar-refractivity contribution >= 4 is 17.6 Å². The van der Waals surface area contributed by atoms with E-state index in [-0.39, 0.29) is 0 Å². The van der Waals surface area contributed by atoms with E-state index in [0.29, 0.717) is 6.54 Å². The zero-order valence-electron chi connectivity index (χ0n) is 9.56. The maximum Gasteiger partial charge on any atom is 0.131 e. The van der Waals surface area contributed by atoms with Crippen LogP contribution in [-0.4, -0.2) is 36.1 Å². The predicted molar refractivity (Wildman–Crippen MR) is 71.2 cm³/mol. The van der Waals surface area contributed by atoms with Crippen molar-refractivity contribution in [3.05, 3.63) is 23.9 Å². The standard InChI is InChI=1S/C12H19N3S/c13-5-4-11-3-1-6-14-12(11)15-7-2-9-16-10-8-15/h1,3,6H,2,4-5,7-10,13H2. The molecule has 0 aromatic carbocycles. The van der Waals surface area contributed by atoms with Crippen molar-refractivity contribution in [3.8, 4) is 0 Å². The van der Waals surface area contributed by atoms with Crippen LogP contribution < -0.4 is 10.6 Å². The molecule has 2 heterocycles. The third-order valence-corrected chi connectivity index (χ3v) is 3.85. The molecule has 1 aromatic rings. The minimum absolute atomic E-state index is 0.696. The summed E-state index contributed by atoms with van der Waals surface area (Å²) < 4.78 is 0. The highest BCUT2D eigenvalue weighted by atomic mass is 32.2. The van der Waals surface area contributed by atoms with Gasteiger partial charge in [-0.25, -0.2) is 4.98 Å². The van der Waals surface area contributed by atoms with Crippen LogP contribution >= 0.6 is 11.8 Å². The molecule has 3 nitrogen and oxygen atoms in total. The van der Waals surface area contributed by atoms with Gasteiger partial charge in [-0.15, -0.1) is 0 Å². The summed E-state index contributed by atoms with van der Waals surface area (Å²) >= 11 is 2.04. The Morgan fingerprint density at radius 2 is 2.31 bits per heavy atom. The van der Waals surface area contributed by atoms with E-state index in [4.69, 9.17) is 5.73 Å². The topological polar surface area (TPSA) is 42.1 Å². The molecule has 16 heavy (non-hydrogen) atoms. The van der Waals surface area contributed by atoms with Gasteiger partial charge in [-0.1, -0.05) is 6.07 Å². The molecule has 2 rings (SSSR count). The summed E-state index contributed by atoms with van der Waals surface area (Å²) in [4.78, 5) is 6.93. The normalized spacial score (nSPS) is 17.2. The molecule has 1 aromatic heterocycles. The molecule has 1 aliphatic rings. The lowest BCUT2D eigenvalue weighted by molar-refractivity contribution is 0.789. The zero-order chi connectivity index (χ0) is 11.2. The van der Waals surface area contributed by atoms with E-state index >= 15 is 0 Å². The van der Waals surface area contributed by atoms with Crippen molar-refractivity contribution in [2.75, 3.05) is 36.0 Å². The molecule has 0 saturated carbocycles. The Hall–Kier alpha value is -0.740. The molecule has 0 radical (unpaired) electrons. The summed E-state index contributed by atoms with van der Waals surface area (Å²) in [7, 11) is 0. The highest BCUT2D eigenvalue weighted by Crippen LogP contribution is 2.21. The van der Waals surface area contributed by atoms with Crippen LogP contribution in [0.15, 0.2) is 18.3 Å². The summed E-state index contributed by atoms with van der Waals surface area (Å²) in [6.45, 7) is 2.93. The van der Waals surface area contributed by atoms with E-state index in [1.54, 1.807) is 0 Å². The molecular weight excluding hydrogens is 218 g/mol. The molecule has 1 saturated heterocycles. The van der Waals surface area contributed by atoms with E-state index < -0.39 is 0 Å². The smallest absolute Gasteiger partial charge is 0.131 e. The number of nitrogens with two attached hydrogens (primary N) is 1. The van der Waals surface area contributed by atoms with Crippen molar-refractivity contribution in [2.45, 2.75) is 12.8 Å². The Bertz CT molecular complexity index is 322. The molecule has 88 valence electrons. The lowest BCUT2D eigenvalue weighted by atomic mass is 10.1. The maximum absolute atomic E-state index is 5.64. The Balaban J connectivity index is 2.16. The molecule has 0 amide bonds. The third kappa shape index (κ3) is 2.89. The van der Waals surface area contributed by atoms with Crippen LogP contribution in [0.2, 0.25) is 0 Å². The lowest BCUT2D eigenvalue weighted by Gasteiger charge is -2.23. The largest absolute Gasteiger partial charge is 0.356 e. The number of nitrogens with zero attached hydrogens (tertiary/aromatic N) is 2. The van der Waals surface area contributed by atoms with E-state index in [2.05, 4.69) is 16.0 Å². The van der Waals surface area contributed by atoms with Gasteiger partial charge in [0.15, 0.2) is 0 Å². The first kappa shape index (κ1) is 11.7. The molecule has 1 fully saturated rings. The average Bonchev–Trinajstić information content (AvgIpc) is 2.59. The Morgan fingerprint density at radius 3 is 3.19 bits per heavy atom. The molecule has 2 N–H and O–H groups in total. The quantitative estimate of drug-likeness (QED) is 0.865. The summed E-state index contributed by atoms with van der Waals surface area (Å²) in [6.07, 6.45) is 4.06. The number of hydrogen-bond acceptors (Lipinski definition) is 4. The fourth-order valence-corrected chi connectivity index (χ4v) is 2.91. The average molecular weight is 237 g/mol. The summed E-state index contributed by atoms with van der Waals surface area (Å²) in [5.41, 5.74) is 6.93. The van der Waals surface area contributed by atoms with E-state index in [1.165, 1.54) is 23.5 Å². The van der Waals surface area contributed by atoms with Gasteiger partial charge >= 0.3 is 0 Å². The fraction of sp³-hybridized carbons (Fsp3) is 0.583. The minimum Gasteiger partial charge on any atom is -0.356 e. The van der Waals surface area contributed by atoms with E-state index in [0.717, 1.165) is 25.3 Å². The second kappa shape index (κ2) is 6.11. The summed E-state index contributed by atoms with van der Waals surface area (Å²) in [6, 6.07) is 4.15. The Kier molecular flexibility index (Phi) is 4.48. The first-order chi connectivity index (χ1) is 7.92. The van der Waals surface area contributed by atoms with Gasteiger partial charge < -0.3 is 10.6 Å². The first-order valence-corrected chi connectivity index (χ1v) is 7.04. The van der Waals surface area contributed by atoms with Gasteiger partial charge in [-0.05, 0) is 36.8 Å². The minimum atomic E-state index is 0.696. The molecule has 0 aliphatic carbocycles. The lowest BCUT2D eigenvalue weighted by Crippen LogP contribution is -2.27. The molecular formula is C12H19N3S. The van der Waals surface area contributed by atoms with Gasteiger partial charge in [0.1, 0.15) is 5.82 Å². The number of hydrogen-bond donors (Lipinski definition) is 1. The number of aromatic nitrogens is 1. The van der Waals surface area contributed by atoms with Gasteiger partial charge in [0.25, 0.3) is 0 Å². The van der Waals surface area contributed by atoms with Gasteiger partial charge in [-0.2, -0.15) is 11.8 Å².